The van der Waals surface area contributed by atoms with Gasteiger partial charge in [-0.2, -0.15) is 0 Å². The van der Waals surface area contributed by atoms with E-state index < -0.39 is 0 Å². The maximum atomic E-state index is 12.3. The molecule has 0 saturated heterocycles. The second-order valence-electron chi connectivity index (χ2n) is 4.69. The molecule has 5 heteroatoms. The summed E-state index contributed by atoms with van der Waals surface area (Å²) in [5.74, 6) is 0.854. The summed E-state index contributed by atoms with van der Waals surface area (Å²) in [6.07, 6.45) is 3.04. The van der Waals surface area contributed by atoms with E-state index in [0.29, 0.717) is 5.75 Å². The highest BCUT2D eigenvalue weighted by molar-refractivity contribution is 6.10. The normalized spacial score (nSPS) is 10.1. The van der Waals surface area contributed by atoms with Gasteiger partial charge in [-0.1, -0.05) is 25.6 Å². The van der Waals surface area contributed by atoms with Gasteiger partial charge in [-0.3, -0.25) is 4.79 Å². The van der Waals surface area contributed by atoms with E-state index in [1.54, 1.807) is 31.4 Å². The number of benzene rings is 2. The summed E-state index contributed by atoms with van der Waals surface area (Å²) in [4.78, 5) is 12.3. The van der Waals surface area contributed by atoms with E-state index in [9.17, 15) is 9.90 Å². The Morgan fingerprint density at radius 3 is 2.12 bits per heavy atom. The Hall–Kier alpha value is -2.95. The van der Waals surface area contributed by atoms with Crippen molar-refractivity contribution in [1.82, 2.24) is 0 Å². The molecule has 128 valence electrons. The Kier molecular flexibility index (Phi) is 6.86. The maximum Gasteiger partial charge on any atom is 0.193 e. The molecule has 0 spiro atoms. The van der Waals surface area contributed by atoms with Gasteiger partial charge < -0.3 is 19.3 Å². The minimum absolute atomic E-state index is 0. The van der Waals surface area contributed by atoms with Gasteiger partial charge >= 0.3 is 0 Å². The van der Waals surface area contributed by atoms with Crippen molar-refractivity contribution in [3.63, 3.8) is 0 Å². The minimum Gasteiger partial charge on any atom is -0.507 e. The van der Waals surface area contributed by atoms with Crippen LogP contribution in [-0.2, 0) is 0 Å². The molecule has 2 aromatic carbocycles. The average Bonchev–Trinajstić information content (AvgIpc) is 2.59. The number of phenolic OH excluding ortho intramolecular Hbond substituents is 1. The van der Waals surface area contributed by atoms with Crippen molar-refractivity contribution in [1.29, 1.82) is 0 Å². The van der Waals surface area contributed by atoms with Crippen LogP contribution in [0.1, 0.15) is 23.3 Å². The molecule has 0 bridgehead atoms. The number of aromatic hydroxyl groups is 1. The molecule has 0 aromatic heterocycles. The molecular weight excluding hydrogens is 308 g/mol. The fourth-order valence-corrected chi connectivity index (χ4v) is 2.07. The number of phenols is 1. The van der Waals surface area contributed by atoms with Crippen LogP contribution in [0.2, 0.25) is 0 Å². The molecule has 0 aliphatic carbocycles. The molecule has 2 rings (SSSR count). The fraction of sp³-hybridized carbons (Fsp3) is 0.211. The van der Waals surface area contributed by atoms with Crippen molar-refractivity contribution in [2.45, 2.75) is 7.43 Å². The third kappa shape index (κ3) is 4.29. The van der Waals surface area contributed by atoms with Crippen LogP contribution >= 0.6 is 0 Å². The van der Waals surface area contributed by atoms with E-state index in [-0.39, 0.29) is 30.3 Å². The van der Waals surface area contributed by atoms with Crippen molar-refractivity contribution >= 4 is 11.9 Å². The van der Waals surface area contributed by atoms with Crippen molar-refractivity contribution in [2.24, 2.45) is 0 Å². The molecule has 0 amide bonds. The first-order valence-corrected chi connectivity index (χ1v) is 6.90. The molecule has 0 aliphatic heterocycles. The summed E-state index contributed by atoms with van der Waals surface area (Å²) in [5.41, 5.74) is 0.934. The van der Waals surface area contributed by atoms with Crippen LogP contribution in [0.5, 0.6) is 23.0 Å². The molecule has 0 unspecified atom stereocenters. The number of ketones is 1. The van der Waals surface area contributed by atoms with Gasteiger partial charge in [0.1, 0.15) is 28.6 Å². The monoisotopic (exact) mass is 330 g/mol. The van der Waals surface area contributed by atoms with E-state index in [1.807, 2.05) is 12.1 Å². The highest BCUT2D eigenvalue weighted by atomic mass is 16.5. The predicted octanol–water partition coefficient (Wildman–Crippen LogP) is 3.95. The summed E-state index contributed by atoms with van der Waals surface area (Å²) in [5, 5.41) is 10.0. The highest BCUT2D eigenvalue weighted by Gasteiger charge is 2.17. The van der Waals surface area contributed by atoms with Gasteiger partial charge in [0.25, 0.3) is 0 Å². The molecule has 0 radical (unpaired) electrons. The van der Waals surface area contributed by atoms with Crippen LogP contribution in [0, 0.1) is 0 Å². The van der Waals surface area contributed by atoms with E-state index in [2.05, 4.69) is 0 Å². The summed E-state index contributed by atoms with van der Waals surface area (Å²) in [6.45, 7) is 0. The van der Waals surface area contributed by atoms with Crippen molar-refractivity contribution in [2.75, 3.05) is 21.3 Å². The molecular formula is C19H22O5. The number of allylic oxidation sites excluding steroid dienone is 1. The van der Waals surface area contributed by atoms with Gasteiger partial charge in [0, 0.05) is 12.1 Å². The van der Waals surface area contributed by atoms with Gasteiger partial charge in [-0.05, 0) is 23.8 Å². The lowest BCUT2D eigenvalue weighted by Crippen LogP contribution is -2.00. The summed E-state index contributed by atoms with van der Waals surface area (Å²) in [7, 11) is 4.49. The van der Waals surface area contributed by atoms with Crippen LogP contribution in [-0.4, -0.2) is 32.2 Å². The second kappa shape index (κ2) is 8.62. The zero-order valence-electron chi connectivity index (χ0n) is 13.2. The Labute approximate surface area is 142 Å². The smallest absolute Gasteiger partial charge is 0.193 e. The molecule has 24 heavy (non-hydrogen) atoms. The van der Waals surface area contributed by atoms with E-state index in [1.165, 1.54) is 26.4 Å². The lowest BCUT2D eigenvalue weighted by Gasteiger charge is -2.10. The largest absolute Gasteiger partial charge is 0.507 e. The van der Waals surface area contributed by atoms with Crippen molar-refractivity contribution in [3.05, 3.63) is 53.6 Å². The Bertz CT molecular complexity index is 717. The first kappa shape index (κ1) is 19.1. The Balaban J connectivity index is 0.00000288. The van der Waals surface area contributed by atoms with Gasteiger partial charge in [-0.25, -0.2) is 0 Å². The third-order valence-corrected chi connectivity index (χ3v) is 3.30. The molecule has 5 nitrogen and oxygen atoms in total. The Morgan fingerprint density at radius 2 is 1.58 bits per heavy atom. The zero-order valence-corrected chi connectivity index (χ0v) is 13.2. The number of carbonyl (C=O) groups excluding carboxylic acids is 1. The van der Waals surface area contributed by atoms with E-state index in [0.717, 1.165) is 11.3 Å². The number of hydrogen-bond donors (Lipinski definition) is 1. The maximum absolute atomic E-state index is 12.3. The number of methoxy groups -OCH3 is 3. The zero-order chi connectivity index (χ0) is 16.8. The topological polar surface area (TPSA) is 65.0 Å². The predicted molar refractivity (Wildman–Crippen MR) is 94.3 cm³/mol. The number of ether oxygens (including phenoxy) is 3. The van der Waals surface area contributed by atoms with Gasteiger partial charge in [0.2, 0.25) is 0 Å². The molecule has 1 N–H and O–H groups in total. The van der Waals surface area contributed by atoms with Crippen LogP contribution in [0.3, 0.4) is 0 Å². The van der Waals surface area contributed by atoms with E-state index >= 15 is 0 Å². The van der Waals surface area contributed by atoms with Gasteiger partial charge in [0.15, 0.2) is 5.78 Å². The van der Waals surface area contributed by atoms with Crippen molar-refractivity contribution < 1.29 is 24.1 Å². The lowest BCUT2D eigenvalue weighted by atomic mass is 10.1. The minimum atomic E-state index is -0.363. The molecule has 2 aromatic rings. The summed E-state index contributed by atoms with van der Waals surface area (Å²) < 4.78 is 15.3. The Morgan fingerprint density at radius 1 is 0.958 bits per heavy atom. The standard InChI is InChI=1S/C18H18O5.CH4/c1-21-13-7-4-12(5-8-13)6-9-15(19)18-16(20)10-14(22-2)11-17(18)23-3;/h4-11,20H,1-3H3;1H4/b9-6+;. The fourth-order valence-electron chi connectivity index (χ4n) is 2.07. The number of hydrogen-bond acceptors (Lipinski definition) is 5. The second-order valence-corrected chi connectivity index (χ2v) is 4.69. The summed E-state index contributed by atoms with van der Waals surface area (Å²) >= 11 is 0. The van der Waals surface area contributed by atoms with Crippen LogP contribution < -0.4 is 14.2 Å². The first-order chi connectivity index (χ1) is 11.1. The van der Waals surface area contributed by atoms with Crippen LogP contribution in [0.4, 0.5) is 0 Å². The lowest BCUT2D eigenvalue weighted by molar-refractivity contribution is 0.104. The highest BCUT2D eigenvalue weighted by Crippen LogP contribution is 2.33. The van der Waals surface area contributed by atoms with Crippen LogP contribution in [0.15, 0.2) is 42.5 Å². The third-order valence-electron chi connectivity index (χ3n) is 3.30. The molecule has 0 heterocycles. The van der Waals surface area contributed by atoms with Gasteiger partial charge in [0.05, 0.1) is 21.3 Å². The van der Waals surface area contributed by atoms with E-state index in [4.69, 9.17) is 14.2 Å². The quantitative estimate of drug-likeness (QED) is 0.642. The van der Waals surface area contributed by atoms with Gasteiger partial charge in [-0.15, -0.1) is 0 Å². The SMILES string of the molecule is C.COc1ccc(/C=C/C(=O)c2c(O)cc(OC)cc2OC)cc1. The summed E-state index contributed by atoms with van der Waals surface area (Å²) in [6, 6.07) is 10.2. The first-order valence-electron chi connectivity index (χ1n) is 6.90. The molecule has 0 saturated carbocycles. The van der Waals surface area contributed by atoms with Crippen LogP contribution in [0.25, 0.3) is 6.08 Å². The molecule has 0 aliphatic rings. The van der Waals surface area contributed by atoms with Crippen molar-refractivity contribution in [3.8, 4) is 23.0 Å². The molecule has 0 atom stereocenters. The number of carbonyl (C=O) groups is 1. The molecule has 0 fully saturated rings. The average molecular weight is 330 g/mol. The number of rotatable bonds is 6.